The number of allylic oxidation sites excluding steroid dienone is 1. The van der Waals surface area contributed by atoms with Gasteiger partial charge in [0, 0.05) is 6.61 Å². The first-order chi connectivity index (χ1) is 4.79. The van der Waals surface area contributed by atoms with Gasteiger partial charge in [0.05, 0.1) is 6.61 Å². The van der Waals surface area contributed by atoms with Gasteiger partial charge in [-0.25, -0.2) is 0 Å². The van der Waals surface area contributed by atoms with E-state index in [4.69, 9.17) is 4.74 Å². The molecule has 0 bridgehead atoms. The minimum Gasteiger partial charge on any atom is -0.377 e. The second-order valence-corrected chi connectivity index (χ2v) is 3.26. The van der Waals surface area contributed by atoms with E-state index in [0.29, 0.717) is 0 Å². The molecule has 0 aliphatic heterocycles. The van der Waals surface area contributed by atoms with Crippen LogP contribution in [-0.2, 0) is 4.74 Å². The van der Waals surface area contributed by atoms with Gasteiger partial charge in [-0.15, -0.1) is 0 Å². The van der Waals surface area contributed by atoms with E-state index in [9.17, 15) is 0 Å². The maximum atomic E-state index is 5.39. The standard InChI is InChI=1S/C9H16O/c1-8(2)5-6-10-7-9-3-4-9/h5,9H,3-4,6-7H2,1-2H3. The highest BCUT2D eigenvalue weighted by molar-refractivity contribution is 4.92. The van der Waals surface area contributed by atoms with Gasteiger partial charge in [0.25, 0.3) is 0 Å². The molecule has 0 amide bonds. The number of hydrogen-bond donors (Lipinski definition) is 0. The Labute approximate surface area is 63.1 Å². The van der Waals surface area contributed by atoms with Crippen LogP contribution in [0.15, 0.2) is 11.6 Å². The Morgan fingerprint density at radius 1 is 1.50 bits per heavy atom. The van der Waals surface area contributed by atoms with Crippen molar-refractivity contribution in [1.29, 1.82) is 0 Å². The first-order valence-corrected chi connectivity index (χ1v) is 4.00. The molecule has 1 heteroatoms. The summed E-state index contributed by atoms with van der Waals surface area (Å²) in [6, 6.07) is 0. The molecular weight excluding hydrogens is 124 g/mol. The molecule has 1 aliphatic rings. The van der Waals surface area contributed by atoms with Gasteiger partial charge in [-0.2, -0.15) is 0 Å². The van der Waals surface area contributed by atoms with Crippen molar-refractivity contribution in [2.75, 3.05) is 13.2 Å². The molecule has 0 atom stereocenters. The lowest BCUT2D eigenvalue weighted by Gasteiger charge is -1.97. The van der Waals surface area contributed by atoms with Crippen molar-refractivity contribution >= 4 is 0 Å². The van der Waals surface area contributed by atoms with Crippen molar-refractivity contribution < 1.29 is 4.74 Å². The van der Waals surface area contributed by atoms with E-state index in [1.54, 1.807) is 0 Å². The van der Waals surface area contributed by atoms with E-state index >= 15 is 0 Å². The first-order valence-electron chi connectivity index (χ1n) is 4.00. The van der Waals surface area contributed by atoms with Crippen molar-refractivity contribution in [3.05, 3.63) is 11.6 Å². The fourth-order valence-electron chi connectivity index (χ4n) is 0.745. The second-order valence-electron chi connectivity index (χ2n) is 3.26. The Bertz CT molecular complexity index is 119. The Balaban J connectivity index is 1.89. The zero-order chi connectivity index (χ0) is 7.40. The number of rotatable bonds is 4. The monoisotopic (exact) mass is 140 g/mol. The Morgan fingerprint density at radius 3 is 2.70 bits per heavy atom. The Hall–Kier alpha value is -0.300. The zero-order valence-corrected chi connectivity index (χ0v) is 6.89. The van der Waals surface area contributed by atoms with Crippen LogP contribution < -0.4 is 0 Å². The average Bonchev–Trinajstić information content (AvgIpc) is 2.62. The first kappa shape index (κ1) is 7.80. The molecule has 1 saturated carbocycles. The lowest BCUT2D eigenvalue weighted by molar-refractivity contribution is 0.151. The molecule has 0 aromatic carbocycles. The SMILES string of the molecule is CC(C)=CCOCC1CC1. The van der Waals surface area contributed by atoms with E-state index < -0.39 is 0 Å². The predicted octanol–water partition coefficient (Wildman–Crippen LogP) is 2.38. The van der Waals surface area contributed by atoms with Crippen LogP contribution in [0.2, 0.25) is 0 Å². The maximum Gasteiger partial charge on any atom is 0.0649 e. The molecule has 1 fully saturated rings. The summed E-state index contributed by atoms with van der Waals surface area (Å²) in [5.74, 6) is 0.894. The van der Waals surface area contributed by atoms with Gasteiger partial charge in [0.15, 0.2) is 0 Å². The van der Waals surface area contributed by atoms with Crippen LogP contribution in [-0.4, -0.2) is 13.2 Å². The van der Waals surface area contributed by atoms with Gasteiger partial charge in [0.1, 0.15) is 0 Å². The molecule has 0 aromatic heterocycles. The molecule has 0 aromatic rings. The molecule has 0 saturated heterocycles. The van der Waals surface area contributed by atoms with Crippen LogP contribution in [0.25, 0.3) is 0 Å². The third kappa shape index (κ3) is 3.67. The van der Waals surface area contributed by atoms with E-state index in [1.807, 2.05) is 0 Å². The second kappa shape index (κ2) is 3.77. The highest BCUT2D eigenvalue weighted by atomic mass is 16.5. The number of ether oxygens (including phenoxy) is 1. The summed E-state index contributed by atoms with van der Waals surface area (Å²) >= 11 is 0. The Kier molecular flexibility index (Phi) is 2.94. The summed E-state index contributed by atoms with van der Waals surface area (Å²) < 4.78 is 5.39. The van der Waals surface area contributed by atoms with Crippen molar-refractivity contribution in [3.8, 4) is 0 Å². The number of hydrogen-bond acceptors (Lipinski definition) is 1. The fraction of sp³-hybridized carbons (Fsp3) is 0.778. The van der Waals surface area contributed by atoms with Crippen LogP contribution in [0, 0.1) is 5.92 Å². The quantitative estimate of drug-likeness (QED) is 0.430. The molecule has 1 rings (SSSR count). The van der Waals surface area contributed by atoms with Crippen molar-refractivity contribution in [2.45, 2.75) is 26.7 Å². The summed E-state index contributed by atoms with van der Waals surface area (Å²) in [7, 11) is 0. The van der Waals surface area contributed by atoms with Gasteiger partial charge in [0.2, 0.25) is 0 Å². The van der Waals surface area contributed by atoms with Crippen LogP contribution in [0.5, 0.6) is 0 Å². The van der Waals surface area contributed by atoms with Crippen LogP contribution in [0.1, 0.15) is 26.7 Å². The normalized spacial score (nSPS) is 17.0. The molecule has 1 nitrogen and oxygen atoms in total. The molecule has 10 heavy (non-hydrogen) atoms. The van der Waals surface area contributed by atoms with E-state index in [0.717, 1.165) is 19.1 Å². The third-order valence-electron chi connectivity index (χ3n) is 1.66. The summed E-state index contributed by atoms with van der Waals surface area (Å²) in [4.78, 5) is 0. The van der Waals surface area contributed by atoms with E-state index in [1.165, 1.54) is 18.4 Å². The molecular formula is C9H16O. The maximum absolute atomic E-state index is 5.39. The lowest BCUT2D eigenvalue weighted by atomic mass is 10.3. The summed E-state index contributed by atoms with van der Waals surface area (Å²) in [6.45, 7) is 5.98. The summed E-state index contributed by atoms with van der Waals surface area (Å²) in [6.07, 6.45) is 4.89. The molecule has 0 radical (unpaired) electrons. The highest BCUT2D eigenvalue weighted by Gasteiger charge is 2.20. The third-order valence-corrected chi connectivity index (χ3v) is 1.66. The van der Waals surface area contributed by atoms with Crippen LogP contribution in [0.3, 0.4) is 0 Å². The van der Waals surface area contributed by atoms with E-state index in [-0.39, 0.29) is 0 Å². The topological polar surface area (TPSA) is 9.23 Å². The van der Waals surface area contributed by atoms with Crippen molar-refractivity contribution in [1.82, 2.24) is 0 Å². The van der Waals surface area contributed by atoms with Crippen LogP contribution >= 0.6 is 0 Å². The van der Waals surface area contributed by atoms with Gasteiger partial charge >= 0.3 is 0 Å². The summed E-state index contributed by atoms with van der Waals surface area (Å²) in [5, 5.41) is 0. The molecule has 0 heterocycles. The highest BCUT2D eigenvalue weighted by Crippen LogP contribution is 2.28. The van der Waals surface area contributed by atoms with Gasteiger partial charge in [-0.3, -0.25) is 0 Å². The molecule has 1 aliphatic carbocycles. The van der Waals surface area contributed by atoms with E-state index in [2.05, 4.69) is 19.9 Å². The van der Waals surface area contributed by atoms with Gasteiger partial charge in [-0.1, -0.05) is 11.6 Å². The zero-order valence-electron chi connectivity index (χ0n) is 6.89. The Morgan fingerprint density at radius 2 is 2.20 bits per heavy atom. The smallest absolute Gasteiger partial charge is 0.0649 e. The average molecular weight is 140 g/mol. The van der Waals surface area contributed by atoms with Crippen molar-refractivity contribution in [3.63, 3.8) is 0 Å². The predicted molar refractivity (Wildman–Crippen MR) is 43.0 cm³/mol. The lowest BCUT2D eigenvalue weighted by Crippen LogP contribution is -1.95. The molecule has 58 valence electrons. The minimum absolute atomic E-state index is 0.804. The van der Waals surface area contributed by atoms with Gasteiger partial charge in [-0.05, 0) is 32.6 Å². The fourth-order valence-corrected chi connectivity index (χ4v) is 0.745. The summed E-state index contributed by atoms with van der Waals surface area (Å²) in [5.41, 5.74) is 1.34. The largest absolute Gasteiger partial charge is 0.377 e. The molecule has 0 N–H and O–H groups in total. The van der Waals surface area contributed by atoms with Gasteiger partial charge < -0.3 is 4.74 Å². The van der Waals surface area contributed by atoms with Crippen LogP contribution in [0.4, 0.5) is 0 Å². The van der Waals surface area contributed by atoms with Crippen molar-refractivity contribution in [2.24, 2.45) is 5.92 Å². The minimum atomic E-state index is 0.804. The molecule has 0 spiro atoms. The molecule has 0 unspecified atom stereocenters.